The third-order valence-corrected chi connectivity index (χ3v) is 6.73. The maximum Gasteiger partial charge on any atom is 0.279 e. The molecule has 1 aliphatic heterocycles. The third kappa shape index (κ3) is 4.94. The van der Waals surface area contributed by atoms with Crippen LogP contribution in [0.2, 0.25) is 0 Å². The molecule has 2 aromatic carbocycles. The lowest BCUT2D eigenvalue weighted by Gasteiger charge is -2.28. The van der Waals surface area contributed by atoms with Gasteiger partial charge in [-0.15, -0.1) is 0 Å². The molecule has 0 unspecified atom stereocenters. The lowest BCUT2D eigenvalue weighted by atomic mass is 9.86. The summed E-state index contributed by atoms with van der Waals surface area (Å²) in [4.78, 5) is 30.1. The van der Waals surface area contributed by atoms with Crippen molar-refractivity contribution in [2.45, 2.75) is 36.6 Å². The van der Waals surface area contributed by atoms with Gasteiger partial charge in [-0.3, -0.25) is 9.59 Å². The molecule has 0 bridgehead atoms. The monoisotopic (exact) mass is 483 g/mol. The number of fused-ring (bicyclic) bond motifs is 1. The van der Waals surface area contributed by atoms with Gasteiger partial charge in [0.15, 0.2) is 16.7 Å². The summed E-state index contributed by atoms with van der Waals surface area (Å²) in [5.41, 5.74) is 1.74. The van der Waals surface area contributed by atoms with Crippen LogP contribution in [0, 0.1) is 5.82 Å². The Morgan fingerprint density at radius 2 is 1.94 bits per heavy atom. The van der Waals surface area contributed by atoms with E-state index in [-0.39, 0.29) is 23.7 Å². The summed E-state index contributed by atoms with van der Waals surface area (Å²) >= 11 is 1.35. The molecular weight excluding hydrogens is 457 g/mol. The summed E-state index contributed by atoms with van der Waals surface area (Å²) in [6.45, 7) is 2.58. The van der Waals surface area contributed by atoms with Gasteiger partial charge < -0.3 is 19.4 Å². The first-order valence-corrected chi connectivity index (χ1v) is 12.0. The number of nitrogens with one attached hydrogen (secondary N) is 1. The number of ether oxygens (including phenoxy) is 2. The molecule has 7 nitrogen and oxygen atoms in total. The van der Waals surface area contributed by atoms with Crippen LogP contribution in [-0.4, -0.2) is 29.2 Å². The Labute approximate surface area is 201 Å². The first-order chi connectivity index (χ1) is 16.4. The van der Waals surface area contributed by atoms with Crippen LogP contribution in [0.5, 0.6) is 11.5 Å². The van der Waals surface area contributed by atoms with E-state index < -0.39 is 5.92 Å². The fourth-order valence-corrected chi connectivity index (χ4v) is 4.83. The highest BCUT2D eigenvalue weighted by molar-refractivity contribution is 7.98. The van der Waals surface area contributed by atoms with Crippen molar-refractivity contribution in [3.05, 3.63) is 75.3 Å². The number of hydrogen-bond acceptors (Lipinski definition) is 6. The van der Waals surface area contributed by atoms with E-state index >= 15 is 0 Å². The van der Waals surface area contributed by atoms with Crippen LogP contribution in [0.3, 0.4) is 0 Å². The van der Waals surface area contributed by atoms with Crippen LogP contribution in [0.15, 0.2) is 52.4 Å². The van der Waals surface area contributed by atoms with Crippen molar-refractivity contribution in [1.29, 1.82) is 0 Å². The molecule has 1 amide bonds. The minimum Gasteiger partial charge on any atom is -0.493 e. The fourth-order valence-electron chi connectivity index (χ4n) is 3.91. The lowest BCUT2D eigenvalue weighted by Crippen LogP contribution is -2.33. The topological polar surface area (TPSA) is 82.5 Å². The molecule has 1 aliphatic rings. The van der Waals surface area contributed by atoms with Crippen LogP contribution in [0.4, 0.5) is 10.2 Å². The van der Waals surface area contributed by atoms with Crippen molar-refractivity contribution in [3.8, 4) is 11.5 Å². The zero-order valence-electron chi connectivity index (χ0n) is 19.3. The number of anilines is 1. The van der Waals surface area contributed by atoms with Crippen LogP contribution in [-0.2, 0) is 17.6 Å². The number of carbonyl (C=O) groups excluding carboxylic acids is 1. The van der Waals surface area contributed by atoms with Gasteiger partial charge in [-0.05, 0) is 41.8 Å². The van der Waals surface area contributed by atoms with E-state index in [0.29, 0.717) is 40.4 Å². The van der Waals surface area contributed by atoms with Crippen LogP contribution >= 0.6 is 11.8 Å². The number of amides is 1. The van der Waals surface area contributed by atoms with Crippen LogP contribution in [0.25, 0.3) is 0 Å². The van der Waals surface area contributed by atoms with Gasteiger partial charge in [-0.25, -0.2) is 4.39 Å². The van der Waals surface area contributed by atoms with Crippen molar-refractivity contribution in [2.75, 3.05) is 19.0 Å². The Balaban J connectivity index is 1.68. The molecule has 1 aromatic heterocycles. The number of methoxy groups -OCH3 is 1. The summed E-state index contributed by atoms with van der Waals surface area (Å²) in [7, 11) is 3.33. The number of nitrogens with zero attached hydrogens (tertiary/aromatic N) is 2. The molecular formula is C25H26FN3O4S. The first-order valence-electron chi connectivity index (χ1n) is 11.0. The predicted molar refractivity (Wildman–Crippen MR) is 129 cm³/mol. The average molecular weight is 484 g/mol. The van der Waals surface area contributed by atoms with Crippen molar-refractivity contribution in [1.82, 2.24) is 9.55 Å². The van der Waals surface area contributed by atoms with Gasteiger partial charge in [0.05, 0.1) is 19.3 Å². The molecule has 0 aliphatic carbocycles. The lowest BCUT2D eigenvalue weighted by molar-refractivity contribution is -0.116. The highest BCUT2D eigenvalue weighted by Gasteiger charge is 2.32. The second kappa shape index (κ2) is 10.3. The maximum atomic E-state index is 13.2. The summed E-state index contributed by atoms with van der Waals surface area (Å²) in [6, 6.07) is 11.7. The third-order valence-electron chi connectivity index (χ3n) is 5.63. The second-order valence-corrected chi connectivity index (χ2v) is 8.94. The zero-order valence-corrected chi connectivity index (χ0v) is 20.1. The van der Waals surface area contributed by atoms with E-state index in [9.17, 15) is 14.0 Å². The fraction of sp³-hybridized carbons (Fsp3) is 0.320. The molecule has 0 spiro atoms. The number of thioether (sulfide) groups is 1. The molecule has 0 fully saturated rings. The van der Waals surface area contributed by atoms with E-state index in [1.807, 2.05) is 19.1 Å². The number of hydrogen-bond donors (Lipinski definition) is 1. The number of benzene rings is 2. The Morgan fingerprint density at radius 1 is 1.18 bits per heavy atom. The summed E-state index contributed by atoms with van der Waals surface area (Å²) in [5.74, 6) is 1.17. The quantitative estimate of drug-likeness (QED) is 0.376. The van der Waals surface area contributed by atoms with Gasteiger partial charge in [-0.2, -0.15) is 4.98 Å². The number of halogens is 1. The molecule has 178 valence electrons. The molecule has 2 heterocycles. The van der Waals surface area contributed by atoms with E-state index in [4.69, 9.17) is 9.47 Å². The van der Waals surface area contributed by atoms with Gasteiger partial charge in [0.25, 0.3) is 5.56 Å². The Bertz CT molecular complexity index is 1260. The zero-order chi connectivity index (χ0) is 24.2. The molecule has 4 rings (SSSR count). The highest BCUT2D eigenvalue weighted by atomic mass is 32.2. The van der Waals surface area contributed by atoms with Crippen molar-refractivity contribution >= 4 is 23.5 Å². The van der Waals surface area contributed by atoms with Crippen molar-refractivity contribution in [2.24, 2.45) is 7.05 Å². The van der Waals surface area contributed by atoms with Crippen LogP contribution in [0.1, 0.15) is 42.4 Å². The van der Waals surface area contributed by atoms with Crippen molar-refractivity contribution < 1.29 is 18.7 Å². The van der Waals surface area contributed by atoms with Gasteiger partial charge in [-0.1, -0.05) is 36.9 Å². The molecule has 34 heavy (non-hydrogen) atoms. The van der Waals surface area contributed by atoms with Gasteiger partial charge >= 0.3 is 0 Å². The van der Waals surface area contributed by atoms with Gasteiger partial charge in [0.2, 0.25) is 5.91 Å². The van der Waals surface area contributed by atoms with Crippen LogP contribution < -0.4 is 20.3 Å². The molecule has 1 atom stereocenters. The molecule has 0 saturated heterocycles. The number of rotatable bonds is 8. The Hall–Kier alpha value is -3.33. The summed E-state index contributed by atoms with van der Waals surface area (Å²) in [6.07, 6.45) is 0.995. The Kier molecular flexibility index (Phi) is 7.21. The number of carbonyl (C=O) groups is 1. The molecule has 3 aromatic rings. The smallest absolute Gasteiger partial charge is 0.279 e. The predicted octanol–water partition coefficient (Wildman–Crippen LogP) is 4.48. The first kappa shape index (κ1) is 23.8. The normalized spacial score (nSPS) is 14.9. The van der Waals surface area contributed by atoms with E-state index in [2.05, 4.69) is 10.3 Å². The van der Waals surface area contributed by atoms with Gasteiger partial charge in [0, 0.05) is 25.1 Å². The van der Waals surface area contributed by atoms with E-state index in [1.165, 1.54) is 23.9 Å². The molecule has 0 radical (unpaired) electrons. The summed E-state index contributed by atoms with van der Waals surface area (Å²) < 4.78 is 26.1. The average Bonchev–Trinajstić information content (AvgIpc) is 2.84. The Morgan fingerprint density at radius 3 is 2.65 bits per heavy atom. The highest BCUT2D eigenvalue weighted by Crippen LogP contribution is 2.39. The minimum absolute atomic E-state index is 0.129. The largest absolute Gasteiger partial charge is 0.493 e. The molecule has 1 N–H and O–H groups in total. The maximum absolute atomic E-state index is 13.2. The van der Waals surface area contributed by atoms with E-state index in [1.54, 1.807) is 36.9 Å². The molecule has 0 saturated carbocycles. The standard InChI is InChI=1S/C25H26FN3O4S/c1-4-11-33-19-10-7-16(12-20(19)32-3)18-13-21(30)27-23-22(18)24(31)28-25(29(23)2)34-14-15-5-8-17(26)9-6-15/h5-10,12,18H,4,11,13-14H2,1-3H3,(H,27,30)/t18-/m1/s1. The van der Waals surface area contributed by atoms with E-state index in [0.717, 1.165) is 17.5 Å². The van der Waals surface area contributed by atoms with Crippen molar-refractivity contribution in [3.63, 3.8) is 0 Å². The SMILES string of the molecule is CCCOc1ccc([C@H]2CC(=O)Nc3c2c(=O)nc(SCc2ccc(F)cc2)n3C)cc1OC. The summed E-state index contributed by atoms with van der Waals surface area (Å²) in [5, 5.41) is 3.32. The number of aromatic nitrogens is 2. The van der Waals surface area contributed by atoms with Gasteiger partial charge in [0.1, 0.15) is 11.6 Å². The minimum atomic E-state index is -0.458. The second-order valence-electron chi connectivity index (χ2n) is 8.00. The molecule has 9 heteroatoms.